The number of carboxylic acid groups (broad SMARTS) is 1. The van der Waals surface area contributed by atoms with Gasteiger partial charge in [-0.25, -0.2) is 9.18 Å². The maximum atomic E-state index is 13.3. The third-order valence-electron chi connectivity index (χ3n) is 2.55. The second-order valence-electron chi connectivity index (χ2n) is 3.97. The van der Waals surface area contributed by atoms with E-state index >= 15 is 0 Å². The Labute approximate surface area is 123 Å². The molecule has 7 heteroatoms. The summed E-state index contributed by atoms with van der Waals surface area (Å²) in [5.74, 6) is -2.13. The van der Waals surface area contributed by atoms with Crippen LogP contribution in [0, 0.1) is 5.82 Å². The van der Waals surface area contributed by atoms with Crippen LogP contribution in [0.15, 0.2) is 30.3 Å². The summed E-state index contributed by atoms with van der Waals surface area (Å²) in [6, 6.07) is 7.00. The molecule has 2 aromatic carbocycles. The molecule has 0 spiro atoms. The Bertz CT molecular complexity index is 672. The van der Waals surface area contributed by atoms with Gasteiger partial charge in [0.1, 0.15) is 11.4 Å². The van der Waals surface area contributed by atoms with E-state index in [1.54, 1.807) is 12.1 Å². The van der Waals surface area contributed by atoms with Crippen LogP contribution in [0.1, 0.15) is 10.4 Å². The number of benzene rings is 2. The van der Waals surface area contributed by atoms with Gasteiger partial charge in [-0.15, -0.1) is 0 Å². The lowest BCUT2D eigenvalue weighted by molar-refractivity contribution is 0.0698. The first-order valence-corrected chi connectivity index (χ1v) is 6.18. The van der Waals surface area contributed by atoms with Crippen LogP contribution in [0.2, 0.25) is 10.0 Å². The minimum absolute atomic E-state index is 0.148. The summed E-state index contributed by atoms with van der Waals surface area (Å²) < 4.78 is 13.3. The summed E-state index contributed by atoms with van der Waals surface area (Å²) in [5, 5.41) is 12.7. The van der Waals surface area contributed by atoms with E-state index < -0.39 is 17.5 Å². The zero-order chi connectivity index (χ0) is 14.9. The Morgan fingerprint density at radius 1 is 1.20 bits per heavy atom. The molecule has 0 bridgehead atoms. The van der Waals surface area contributed by atoms with Gasteiger partial charge in [0, 0.05) is 15.7 Å². The van der Waals surface area contributed by atoms with Crippen molar-refractivity contribution >= 4 is 46.2 Å². The van der Waals surface area contributed by atoms with E-state index in [2.05, 4.69) is 5.32 Å². The van der Waals surface area contributed by atoms with Gasteiger partial charge in [0.2, 0.25) is 0 Å². The van der Waals surface area contributed by atoms with Crippen molar-refractivity contribution in [3.8, 4) is 0 Å². The first-order valence-electron chi connectivity index (χ1n) is 5.43. The first kappa shape index (κ1) is 14.4. The third-order valence-corrected chi connectivity index (χ3v) is 2.98. The van der Waals surface area contributed by atoms with Crippen molar-refractivity contribution in [2.24, 2.45) is 0 Å². The number of hydrogen-bond donors (Lipinski definition) is 3. The predicted molar refractivity (Wildman–Crippen MR) is 77.5 cm³/mol. The number of nitrogens with one attached hydrogen (secondary N) is 1. The Morgan fingerprint density at radius 3 is 2.35 bits per heavy atom. The molecule has 0 atom stereocenters. The van der Waals surface area contributed by atoms with Crippen molar-refractivity contribution < 1.29 is 14.3 Å². The molecule has 104 valence electrons. The zero-order valence-electron chi connectivity index (χ0n) is 9.95. The molecule has 0 radical (unpaired) electrons. The van der Waals surface area contributed by atoms with Crippen LogP contribution in [0.3, 0.4) is 0 Å². The predicted octanol–water partition coefficient (Wildman–Crippen LogP) is 4.16. The van der Waals surface area contributed by atoms with Crippen LogP contribution in [0.25, 0.3) is 0 Å². The van der Waals surface area contributed by atoms with E-state index in [0.29, 0.717) is 15.7 Å². The van der Waals surface area contributed by atoms with Crippen molar-refractivity contribution in [1.82, 2.24) is 0 Å². The molecule has 0 aromatic heterocycles. The molecule has 20 heavy (non-hydrogen) atoms. The molecule has 4 N–H and O–H groups in total. The van der Waals surface area contributed by atoms with Gasteiger partial charge in [0.05, 0.1) is 11.4 Å². The van der Waals surface area contributed by atoms with Gasteiger partial charge < -0.3 is 16.2 Å². The SMILES string of the molecule is Nc1c(F)ccc(Nc2cc(Cl)cc(Cl)c2)c1C(=O)O. The smallest absolute Gasteiger partial charge is 0.340 e. The molecule has 0 heterocycles. The minimum Gasteiger partial charge on any atom is -0.478 e. The van der Waals surface area contributed by atoms with Crippen LogP contribution in [-0.4, -0.2) is 11.1 Å². The molecule has 0 fully saturated rings. The summed E-state index contributed by atoms with van der Waals surface area (Å²) in [4.78, 5) is 11.2. The second kappa shape index (κ2) is 5.56. The van der Waals surface area contributed by atoms with Crippen LogP contribution >= 0.6 is 23.2 Å². The van der Waals surface area contributed by atoms with Gasteiger partial charge in [0.15, 0.2) is 0 Å². The molecule has 0 saturated carbocycles. The molecule has 2 rings (SSSR count). The lowest BCUT2D eigenvalue weighted by Crippen LogP contribution is -2.08. The number of aromatic carboxylic acids is 1. The number of hydrogen-bond acceptors (Lipinski definition) is 3. The van der Waals surface area contributed by atoms with Gasteiger partial charge in [-0.05, 0) is 30.3 Å². The molecular weight excluding hydrogens is 306 g/mol. The fourth-order valence-electron chi connectivity index (χ4n) is 1.71. The molecular formula is C13H9Cl2FN2O2. The summed E-state index contributed by atoms with van der Waals surface area (Å²) in [7, 11) is 0. The maximum Gasteiger partial charge on any atom is 0.340 e. The molecule has 0 aliphatic heterocycles. The topological polar surface area (TPSA) is 75.3 Å². The summed E-state index contributed by atoms with van der Waals surface area (Å²) in [6.45, 7) is 0. The highest BCUT2D eigenvalue weighted by molar-refractivity contribution is 6.35. The molecule has 0 unspecified atom stereocenters. The Kier molecular flexibility index (Phi) is 4.01. The monoisotopic (exact) mass is 314 g/mol. The van der Waals surface area contributed by atoms with Crippen molar-refractivity contribution in [3.05, 3.63) is 51.8 Å². The van der Waals surface area contributed by atoms with E-state index in [-0.39, 0.29) is 11.3 Å². The molecule has 0 amide bonds. The average molecular weight is 315 g/mol. The summed E-state index contributed by atoms with van der Waals surface area (Å²) in [6.07, 6.45) is 0. The normalized spacial score (nSPS) is 10.3. The minimum atomic E-state index is -1.34. The van der Waals surface area contributed by atoms with Gasteiger partial charge in [-0.2, -0.15) is 0 Å². The lowest BCUT2D eigenvalue weighted by atomic mass is 10.1. The number of rotatable bonds is 3. The van der Waals surface area contributed by atoms with Crippen molar-refractivity contribution in [2.75, 3.05) is 11.1 Å². The lowest BCUT2D eigenvalue weighted by Gasteiger charge is -2.12. The number of halogens is 3. The van der Waals surface area contributed by atoms with Gasteiger partial charge >= 0.3 is 5.97 Å². The van der Waals surface area contributed by atoms with Gasteiger partial charge in [-0.1, -0.05) is 23.2 Å². The fourth-order valence-corrected chi connectivity index (χ4v) is 2.24. The van der Waals surface area contributed by atoms with E-state index in [0.717, 1.165) is 6.07 Å². The van der Waals surface area contributed by atoms with E-state index in [1.165, 1.54) is 12.1 Å². The zero-order valence-corrected chi connectivity index (χ0v) is 11.5. The number of carboxylic acids is 1. The number of nitrogen functional groups attached to an aromatic ring is 1. The Hall–Kier alpha value is -1.98. The van der Waals surface area contributed by atoms with E-state index in [1.807, 2.05) is 0 Å². The van der Waals surface area contributed by atoms with Gasteiger partial charge in [-0.3, -0.25) is 0 Å². The highest BCUT2D eigenvalue weighted by atomic mass is 35.5. The van der Waals surface area contributed by atoms with E-state index in [4.69, 9.17) is 34.0 Å². The van der Waals surface area contributed by atoms with Crippen molar-refractivity contribution in [2.45, 2.75) is 0 Å². The molecule has 2 aromatic rings. The summed E-state index contributed by atoms with van der Waals surface area (Å²) in [5.41, 5.74) is 5.29. The standard InChI is InChI=1S/C13H9Cl2FN2O2/c14-6-3-7(15)5-8(4-6)18-10-2-1-9(16)12(17)11(10)13(19)20/h1-5,18H,17H2,(H,19,20). The maximum absolute atomic E-state index is 13.3. The van der Waals surface area contributed by atoms with Gasteiger partial charge in [0.25, 0.3) is 0 Å². The van der Waals surface area contributed by atoms with E-state index in [9.17, 15) is 9.18 Å². The average Bonchev–Trinajstić information content (AvgIpc) is 2.32. The highest BCUT2D eigenvalue weighted by Crippen LogP contribution is 2.30. The number of anilines is 3. The Balaban J connectivity index is 2.48. The number of carbonyl (C=O) groups is 1. The van der Waals surface area contributed by atoms with Crippen molar-refractivity contribution in [3.63, 3.8) is 0 Å². The van der Waals surface area contributed by atoms with Crippen molar-refractivity contribution in [1.29, 1.82) is 0 Å². The third kappa shape index (κ3) is 2.95. The molecule has 4 nitrogen and oxygen atoms in total. The molecule has 0 aliphatic rings. The van der Waals surface area contributed by atoms with Crippen LogP contribution in [0.4, 0.5) is 21.5 Å². The first-order chi connectivity index (χ1) is 9.38. The largest absolute Gasteiger partial charge is 0.478 e. The van der Waals surface area contributed by atoms with Crippen LogP contribution < -0.4 is 11.1 Å². The molecule has 0 saturated heterocycles. The summed E-state index contributed by atoms with van der Waals surface area (Å²) >= 11 is 11.7. The highest BCUT2D eigenvalue weighted by Gasteiger charge is 2.17. The number of nitrogens with two attached hydrogens (primary N) is 1. The Morgan fingerprint density at radius 2 is 1.80 bits per heavy atom. The second-order valence-corrected chi connectivity index (χ2v) is 4.84. The fraction of sp³-hybridized carbons (Fsp3) is 0. The molecule has 0 aliphatic carbocycles. The van der Waals surface area contributed by atoms with Crippen LogP contribution in [0.5, 0.6) is 0 Å². The van der Waals surface area contributed by atoms with Crippen LogP contribution in [-0.2, 0) is 0 Å². The quantitative estimate of drug-likeness (QED) is 0.744.